The van der Waals surface area contributed by atoms with Crippen LogP contribution in [0.2, 0.25) is 0 Å². The van der Waals surface area contributed by atoms with E-state index in [4.69, 9.17) is 5.11 Å². The number of hydrogen-bond donors (Lipinski definition) is 2. The SMILES string of the molecule is O=C(O)CCCCCCCCCCCCCCCCCCCc1ccc(O)cc1. The average Bonchev–Trinajstić information content (AvgIpc) is 2.71. The predicted octanol–water partition coefficient (Wildman–Crippen LogP) is 8.04. The van der Waals surface area contributed by atoms with Crippen molar-refractivity contribution in [1.82, 2.24) is 0 Å². The van der Waals surface area contributed by atoms with Gasteiger partial charge in [0.25, 0.3) is 0 Å². The minimum absolute atomic E-state index is 0.334. The van der Waals surface area contributed by atoms with Crippen LogP contribution in [0, 0.1) is 0 Å². The Labute approximate surface area is 178 Å². The molecule has 2 N–H and O–H groups in total. The topological polar surface area (TPSA) is 57.5 Å². The summed E-state index contributed by atoms with van der Waals surface area (Å²) >= 11 is 0. The van der Waals surface area contributed by atoms with E-state index in [1.54, 1.807) is 12.1 Å². The summed E-state index contributed by atoms with van der Waals surface area (Å²) in [5.74, 6) is -0.303. The number of phenols is 1. The Kier molecular flexibility index (Phi) is 16.3. The molecule has 0 unspecified atom stereocenters. The zero-order valence-corrected chi connectivity index (χ0v) is 18.5. The van der Waals surface area contributed by atoms with Gasteiger partial charge in [-0.2, -0.15) is 0 Å². The first-order chi connectivity index (χ1) is 14.2. The molecule has 1 rings (SSSR count). The highest BCUT2D eigenvalue weighted by molar-refractivity contribution is 5.66. The van der Waals surface area contributed by atoms with Gasteiger partial charge in [0.2, 0.25) is 0 Å². The summed E-state index contributed by atoms with van der Waals surface area (Å²) in [6.07, 6.45) is 23.6. The fourth-order valence-corrected chi connectivity index (χ4v) is 3.92. The van der Waals surface area contributed by atoms with Gasteiger partial charge in [0.05, 0.1) is 0 Å². The van der Waals surface area contributed by atoms with Gasteiger partial charge in [0, 0.05) is 6.42 Å². The second-order valence-corrected chi connectivity index (χ2v) is 8.57. The van der Waals surface area contributed by atoms with Gasteiger partial charge in [-0.3, -0.25) is 4.79 Å². The highest BCUT2D eigenvalue weighted by Crippen LogP contribution is 2.16. The molecule has 0 heterocycles. The molecule has 0 radical (unpaired) electrons. The van der Waals surface area contributed by atoms with Crippen molar-refractivity contribution in [3.8, 4) is 5.75 Å². The molecule has 0 amide bonds. The summed E-state index contributed by atoms with van der Waals surface area (Å²) in [6.45, 7) is 0. The number of benzene rings is 1. The van der Waals surface area contributed by atoms with Gasteiger partial charge in [0.15, 0.2) is 0 Å². The van der Waals surface area contributed by atoms with E-state index in [0.717, 1.165) is 19.3 Å². The molecule has 0 fully saturated rings. The first-order valence-corrected chi connectivity index (χ1v) is 12.2. The van der Waals surface area contributed by atoms with Gasteiger partial charge >= 0.3 is 5.97 Å². The monoisotopic (exact) mass is 404 g/mol. The molecule has 0 saturated carbocycles. The maximum absolute atomic E-state index is 10.4. The van der Waals surface area contributed by atoms with Crippen LogP contribution in [0.15, 0.2) is 24.3 Å². The van der Waals surface area contributed by atoms with Crippen LogP contribution in [0.25, 0.3) is 0 Å². The van der Waals surface area contributed by atoms with Gasteiger partial charge in [-0.1, -0.05) is 108 Å². The van der Waals surface area contributed by atoms with Crippen molar-refractivity contribution in [2.75, 3.05) is 0 Å². The van der Waals surface area contributed by atoms with Crippen molar-refractivity contribution in [2.45, 2.75) is 122 Å². The molecule has 3 heteroatoms. The van der Waals surface area contributed by atoms with Crippen molar-refractivity contribution in [1.29, 1.82) is 0 Å². The van der Waals surface area contributed by atoms with Crippen molar-refractivity contribution >= 4 is 5.97 Å². The molecule has 166 valence electrons. The predicted molar refractivity (Wildman–Crippen MR) is 123 cm³/mol. The highest BCUT2D eigenvalue weighted by Gasteiger charge is 1.98. The zero-order valence-electron chi connectivity index (χ0n) is 18.5. The van der Waals surface area contributed by atoms with Crippen LogP contribution < -0.4 is 0 Å². The quantitative estimate of drug-likeness (QED) is 0.216. The van der Waals surface area contributed by atoms with Crippen molar-refractivity contribution in [2.24, 2.45) is 0 Å². The summed E-state index contributed by atoms with van der Waals surface area (Å²) in [5, 5.41) is 17.9. The van der Waals surface area contributed by atoms with Crippen LogP contribution in [0.4, 0.5) is 0 Å². The van der Waals surface area contributed by atoms with Crippen LogP contribution >= 0.6 is 0 Å². The Hall–Kier alpha value is -1.51. The lowest BCUT2D eigenvalue weighted by molar-refractivity contribution is -0.137. The van der Waals surface area contributed by atoms with Gasteiger partial charge in [0.1, 0.15) is 5.75 Å². The molecule has 0 aliphatic carbocycles. The van der Waals surface area contributed by atoms with Crippen molar-refractivity contribution < 1.29 is 15.0 Å². The number of aromatic hydroxyl groups is 1. The minimum atomic E-state index is -0.660. The molecule has 0 aromatic heterocycles. The van der Waals surface area contributed by atoms with Crippen LogP contribution in [-0.2, 0) is 11.2 Å². The standard InChI is InChI=1S/C26H44O3/c27-25-22-20-24(21-23-25)18-16-14-12-10-8-6-4-2-1-3-5-7-9-11-13-15-17-19-26(28)29/h20-23,27H,1-19H2,(H,28,29). The van der Waals surface area contributed by atoms with Crippen LogP contribution in [0.1, 0.15) is 121 Å². The number of carbonyl (C=O) groups is 1. The fourth-order valence-electron chi connectivity index (χ4n) is 3.92. The second kappa shape index (κ2) is 18.5. The van der Waals surface area contributed by atoms with Gasteiger partial charge in [-0.25, -0.2) is 0 Å². The Bertz CT molecular complexity index is 495. The molecule has 0 bridgehead atoms. The first kappa shape index (κ1) is 25.5. The van der Waals surface area contributed by atoms with E-state index in [-0.39, 0.29) is 0 Å². The molecule has 0 aliphatic heterocycles. The van der Waals surface area contributed by atoms with E-state index >= 15 is 0 Å². The molecular weight excluding hydrogens is 360 g/mol. The number of aryl methyl sites for hydroxylation is 1. The fraction of sp³-hybridized carbons (Fsp3) is 0.731. The molecule has 0 spiro atoms. The summed E-state index contributed by atoms with van der Waals surface area (Å²) in [4.78, 5) is 10.4. The zero-order chi connectivity index (χ0) is 21.0. The summed E-state index contributed by atoms with van der Waals surface area (Å²) in [5.41, 5.74) is 1.33. The number of phenolic OH excluding ortho intramolecular Hbond substituents is 1. The van der Waals surface area contributed by atoms with E-state index in [9.17, 15) is 9.90 Å². The molecule has 1 aromatic rings. The number of hydrogen-bond acceptors (Lipinski definition) is 2. The third kappa shape index (κ3) is 17.1. The molecule has 0 aliphatic rings. The van der Waals surface area contributed by atoms with E-state index in [1.165, 1.54) is 102 Å². The van der Waals surface area contributed by atoms with Gasteiger partial charge in [-0.15, -0.1) is 0 Å². The molecule has 1 aromatic carbocycles. The van der Waals surface area contributed by atoms with Gasteiger partial charge in [-0.05, 0) is 37.0 Å². The molecule has 0 atom stereocenters. The number of rotatable bonds is 20. The maximum atomic E-state index is 10.4. The normalized spacial score (nSPS) is 11.0. The van der Waals surface area contributed by atoms with Crippen LogP contribution in [0.5, 0.6) is 5.75 Å². The van der Waals surface area contributed by atoms with Crippen molar-refractivity contribution in [3.05, 3.63) is 29.8 Å². The largest absolute Gasteiger partial charge is 0.508 e. The van der Waals surface area contributed by atoms with Crippen LogP contribution in [-0.4, -0.2) is 16.2 Å². The first-order valence-electron chi connectivity index (χ1n) is 12.2. The number of unbranched alkanes of at least 4 members (excludes halogenated alkanes) is 16. The highest BCUT2D eigenvalue weighted by atomic mass is 16.4. The Morgan fingerprint density at radius 2 is 0.897 bits per heavy atom. The van der Waals surface area contributed by atoms with E-state index < -0.39 is 5.97 Å². The number of carboxylic acids is 1. The minimum Gasteiger partial charge on any atom is -0.508 e. The van der Waals surface area contributed by atoms with E-state index in [0.29, 0.717) is 12.2 Å². The smallest absolute Gasteiger partial charge is 0.303 e. The summed E-state index contributed by atoms with van der Waals surface area (Å²) in [7, 11) is 0. The lowest BCUT2D eigenvalue weighted by Crippen LogP contribution is -1.93. The summed E-state index contributed by atoms with van der Waals surface area (Å²) in [6, 6.07) is 7.62. The van der Waals surface area contributed by atoms with E-state index in [1.807, 2.05) is 12.1 Å². The molecule has 3 nitrogen and oxygen atoms in total. The Morgan fingerprint density at radius 1 is 0.552 bits per heavy atom. The summed E-state index contributed by atoms with van der Waals surface area (Å²) < 4.78 is 0. The lowest BCUT2D eigenvalue weighted by atomic mass is 10.0. The third-order valence-electron chi connectivity index (χ3n) is 5.79. The Morgan fingerprint density at radius 3 is 1.28 bits per heavy atom. The number of carboxylic acid groups (broad SMARTS) is 1. The molecule has 29 heavy (non-hydrogen) atoms. The van der Waals surface area contributed by atoms with E-state index in [2.05, 4.69) is 0 Å². The Balaban J connectivity index is 1.71. The maximum Gasteiger partial charge on any atom is 0.303 e. The average molecular weight is 405 g/mol. The molecule has 0 saturated heterocycles. The lowest BCUT2D eigenvalue weighted by Gasteiger charge is -2.04. The third-order valence-corrected chi connectivity index (χ3v) is 5.79. The molecular formula is C26H44O3. The van der Waals surface area contributed by atoms with Gasteiger partial charge < -0.3 is 10.2 Å². The van der Waals surface area contributed by atoms with Crippen molar-refractivity contribution in [3.63, 3.8) is 0 Å². The number of aliphatic carboxylic acids is 1. The van der Waals surface area contributed by atoms with Crippen LogP contribution in [0.3, 0.4) is 0 Å². The second-order valence-electron chi connectivity index (χ2n) is 8.57.